The van der Waals surface area contributed by atoms with Crippen molar-refractivity contribution < 1.29 is 31.9 Å². The second kappa shape index (κ2) is 7.78. The van der Waals surface area contributed by atoms with Crippen LogP contribution in [0.2, 0.25) is 0 Å². The molecule has 1 aliphatic rings. The van der Waals surface area contributed by atoms with E-state index < -0.39 is 11.7 Å². The number of benzene rings is 1. The van der Waals surface area contributed by atoms with E-state index in [4.69, 9.17) is 4.42 Å². The van der Waals surface area contributed by atoms with Crippen molar-refractivity contribution in [1.82, 2.24) is 10.2 Å². The number of piperazine rings is 1. The molecule has 2 N–H and O–H groups in total. The smallest absolute Gasteiger partial charge is 0.415 e. The van der Waals surface area contributed by atoms with Crippen LogP contribution in [0, 0.1) is 5.82 Å². The number of halogens is 4. The number of nitrogens with one attached hydrogen (secondary N) is 2. The number of hydrogen-bond acceptors (Lipinski definition) is 4. The van der Waals surface area contributed by atoms with Crippen LogP contribution in [0.3, 0.4) is 0 Å². The van der Waals surface area contributed by atoms with Gasteiger partial charge < -0.3 is 9.32 Å². The molecule has 3 aromatic rings. The number of aromatic amines is 1. The Morgan fingerprint density at radius 1 is 1.03 bits per heavy atom. The summed E-state index contributed by atoms with van der Waals surface area (Å²) in [6.07, 6.45) is -3.36. The Labute approximate surface area is 163 Å². The largest absolute Gasteiger partial charge is 0.419 e. The Balaban J connectivity index is 1.33. The standard InChI is InChI=1S/C19H17F4N5O/c20-15-4-1-13(2-5-15)18-26-25-17(29-18)12-27-7-9-28(10-8-27)16-6-3-14(11-24-16)19(21,22)23/h1-6,11H,7-10,12H2/p+2. The number of pyridine rings is 1. The minimum absolute atomic E-state index is 0.332. The van der Waals surface area contributed by atoms with E-state index in [0.29, 0.717) is 42.8 Å². The molecule has 0 spiro atoms. The molecule has 1 saturated heterocycles. The van der Waals surface area contributed by atoms with Crippen molar-refractivity contribution in [2.24, 2.45) is 0 Å². The highest BCUT2D eigenvalue weighted by Gasteiger charge is 2.33. The Kier molecular flexibility index (Phi) is 5.18. The molecule has 152 valence electrons. The van der Waals surface area contributed by atoms with Crippen LogP contribution in [0.15, 0.2) is 47.0 Å². The van der Waals surface area contributed by atoms with Crippen LogP contribution in [0.1, 0.15) is 11.5 Å². The zero-order valence-electron chi connectivity index (χ0n) is 15.3. The summed E-state index contributed by atoms with van der Waals surface area (Å²) < 4.78 is 56.7. The van der Waals surface area contributed by atoms with Crippen LogP contribution < -0.4 is 14.8 Å². The molecule has 4 rings (SSSR count). The second-order valence-corrected chi connectivity index (χ2v) is 6.88. The molecule has 1 fully saturated rings. The number of hydrogen-bond donors (Lipinski definition) is 1. The van der Waals surface area contributed by atoms with Gasteiger partial charge >= 0.3 is 6.18 Å². The van der Waals surface area contributed by atoms with E-state index in [1.54, 1.807) is 12.1 Å². The average Bonchev–Trinajstić information content (AvgIpc) is 3.17. The van der Waals surface area contributed by atoms with Crippen molar-refractivity contribution in [3.8, 4) is 11.5 Å². The Morgan fingerprint density at radius 2 is 1.76 bits per heavy atom. The quantitative estimate of drug-likeness (QED) is 0.666. The molecular formula is C19H19F4N5O+2. The minimum atomic E-state index is -4.35. The monoisotopic (exact) mass is 409 g/mol. The summed E-state index contributed by atoms with van der Waals surface area (Å²) in [5.41, 5.74) is -0.0401. The van der Waals surface area contributed by atoms with Gasteiger partial charge in [-0.1, -0.05) is 0 Å². The molecule has 1 aliphatic heterocycles. The molecule has 6 nitrogen and oxygen atoms in total. The number of quaternary nitrogens is 1. The van der Waals surface area contributed by atoms with Gasteiger partial charge in [-0.25, -0.2) is 9.37 Å². The van der Waals surface area contributed by atoms with Gasteiger partial charge in [0, 0.05) is 11.6 Å². The summed E-state index contributed by atoms with van der Waals surface area (Å²) in [5.74, 6) is 1.17. The van der Waals surface area contributed by atoms with Crippen molar-refractivity contribution in [3.05, 3.63) is 59.9 Å². The highest BCUT2D eigenvalue weighted by Crippen LogP contribution is 2.28. The van der Waals surface area contributed by atoms with Crippen LogP contribution in [0.5, 0.6) is 0 Å². The normalized spacial score (nSPS) is 15.7. The number of H-pyrrole nitrogens is 1. The van der Waals surface area contributed by atoms with Gasteiger partial charge in [-0.2, -0.15) is 13.2 Å². The summed E-state index contributed by atoms with van der Waals surface area (Å²) in [5, 5.41) is 8.07. The third-order valence-corrected chi connectivity index (χ3v) is 4.89. The molecule has 29 heavy (non-hydrogen) atoms. The van der Waals surface area contributed by atoms with E-state index >= 15 is 0 Å². The van der Waals surface area contributed by atoms with E-state index in [9.17, 15) is 17.6 Å². The third-order valence-electron chi connectivity index (χ3n) is 4.89. The molecule has 0 atom stereocenters. The predicted molar refractivity (Wildman–Crippen MR) is 94.3 cm³/mol. The SMILES string of the molecule is Fc1ccc(-c2nnc(C[NH+]3CCN(c4ccc(C(F)(F)F)c[nH+]4)CC3)o2)cc1. The lowest BCUT2D eigenvalue weighted by molar-refractivity contribution is -0.915. The summed E-state index contributed by atoms with van der Waals surface area (Å²) in [4.78, 5) is 5.99. The molecule has 0 radical (unpaired) electrons. The maximum absolute atomic E-state index is 13.0. The lowest BCUT2D eigenvalue weighted by Crippen LogP contribution is -3.13. The molecule has 1 aromatic carbocycles. The van der Waals surface area contributed by atoms with Crippen LogP contribution in [-0.2, 0) is 12.7 Å². The Morgan fingerprint density at radius 3 is 2.38 bits per heavy atom. The van der Waals surface area contributed by atoms with Gasteiger partial charge in [0.1, 0.15) is 38.2 Å². The van der Waals surface area contributed by atoms with Gasteiger partial charge in [-0.15, -0.1) is 10.2 Å². The molecule has 0 unspecified atom stereocenters. The van der Waals surface area contributed by atoms with Crippen LogP contribution in [-0.4, -0.2) is 36.4 Å². The van der Waals surface area contributed by atoms with Gasteiger partial charge in [0.2, 0.25) is 5.89 Å². The van der Waals surface area contributed by atoms with Crippen LogP contribution in [0.25, 0.3) is 11.5 Å². The fraction of sp³-hybridized carbons (Fsp3) is 0.316. The number of aromatic nitrogens is 3. The van der Waals surface area contributed by atoms with E-state index in [1.807, 2.05) is 4.90 Å². The van der Waals surface area contributed by atoms with Crippen molar-refractivity contribution in [1.29, 1.82) is 0 Å². The first-order valence-electron chi connectivity index (χ1n) is 9.14. The summed E-state index contributed by atoms with van der Waals surface area (Å²) in [7, 11) is 0. The Hall–Kier alpha value is -3.01. The maximum Gasteiger partial charge on any atom is 0.419 e. The lowest BCUT2D eigenvalue weighted by Gasteiger charge is -2.27. The fourth-order valence-corrected chi connectivity index (χ4v) is 3.28. The molecule has 0 amide bonds. The zero-order valence-corrected chi connectivity index (χ0v) is 15.3. The third kappa shape index (κ3) is 4.53. The molecule has 0 saturated carbocycles. The van der Waals surface area contributed by atoms with Crippen molar-refractivity contribution in [3.63, 3.8) is 0 Å². The number of alkyl halides is 3. The highest BCUT2D eigenvalue weighted by atomic mass is 19.4. The van der Waals surface area contributed by atoms with Gasteiger partial charge in [-0.05, 0) is 30.3 Å². The fourth-order valence-electron chi connectivity index (χ4n) is 3.28. The maximum atomic E-state index is 13.0. The molecule has 10 heteroatoms. The number of nitrogens with zero attached hydrogens (tertiary/aromatic N) is 3. The lowest BCUT2D eigenvalue weighted by atomic mass is 10.2. The van der Waals surface area contributed by atoms with E-state index in [1.165, 1.54) is 23.1 Å². The van der Waals surface area contributed by atoms with Crippen molar-refractivity contribution in [2.75, 3.05) is 31.1 Å². The number of rotatable bonds is 4. The van der Waals surface area contributed by atoms with Crippen molar-refractivity contribution >= 4 is 5.82 Å². The first kappa shape index (κ1) is 19.3. The molecule has 3 heterocycles. The topological polar surface area (TPSA) is 60.7 Å². The van der Waals surface area contributed by atoms with E-state index in [0.717, 1.165) is 25.4 Å². The predicted octanol–water partition coefficient (Wildman–Crippen LogP) is 1.61. The summed E-state index contributed by atoms with van der Waals surface area (Å²) >= 11 is 0. The summed E-state index contributed by atoms with van der Waals surface area (Å²) in [6, 6.07) is 8.38. The number of anilines is 1. The Bertz CT molecular complexity index is 948. The molecule has 0 aliphatic carbocycles. The van der Waals surface area contributed by atoms with Crippen molar-refractivity contribution in [2.45, 2.75) is 12.7 Å². The molecule has 2 aromatic heterocycles. The highest BCUT2D eigenvalue weighted by molar-refractivity contribution is 5.51. The first-order valence-corrected chi connectivity index (χ1v) is 9.14. The van der Waals surface area contributed by atoms with Crippen LogP contribution >= 0.6 is 0 Å². The van der Waals surface area contributed by atoms with E-state index in [-0.39, 0.29) is 5.82 Å². The zero-order chi connectivity index (χ0) is 20.4. The molecule has 0 bridgehead atoms. The van der Waals surface area contributed by atoms with Gasteiger partial charge in [0.25, 0.3) is 11.7 Å². The average molecular weight is 409 g/mol. The van der Waals surface area contributed by atoms with Gasteiger partial charge in [-0.3, -0.25) is 4.90 Å². The van der Waals surface area contributed by atoms with E-state index in [2.05, 4.69) is 15.2 Å². The van der Waals surface area contributed by atoms with Gasteiger partial charge in [0.05, 0.1) is 5.56 Å². The first-order chi connectivity index (χ1) is 13.9. The van der Waals surface area contributed by atoms with Crippen LogP contribution in [0.4, 0.5) is 23.4 Å². The van der Waals surface area contributed by atoms with Gasteiger partial charge in [0.15, 0.2) is 6.54 Å². The second-order valence-electron chi connectivity index (χ2n) is 6.88. The minimum Gasteiger partial charge on any atom is -0.415 e. The molecular weight excluding hydrogens is 390 g/mol. The summed E-state index contributed by atoms with van der Waals surface area (Å²) in [6.45, 7) is 3.50.